The summed E-state index contributed by atoms with van der Waals surface area (Å²) >= 11 is 0. The van der Waals surface area contributed by atoms with Crippen molar-refractivity contribution in [3.63, 3.8) is 0 Å². The lowest BCUT2D eigenvalue weighted by atomic mass is 9.80. The van der Waals surface area contributed by atoms with E-state index in [0.717, 1.165) is 22.6 Å². The highest BCUT2D eigenvalue weighted by Gasteiger charge is 2.17. The standard InChI is InChI=1S/C28H28BNO2/c1-28(2,3)23-11-17-26(18-12-23)30(27-19-13-24(14-20-27)29(31)32)25-15-9-22(10-16-25)21-7-5-4-6-8-21/h4-20,31-32H,1-3H3. The largest absolute Gasteiger partial charge is 0.488 e. The first-order valence-corrected chi connectivity index (χ1v) is 10.9. The molecule has 0 radical (unpaired) electrons. The van der Waals surface area contributed by atoms with Gasteiger partial charge >= 0.3 is 7.12 Å². The van der Waals surface area contributed by atoms with E-state index in [2.05, 4.69) is 86.3 Å². The van der Waals surface area contributed by atoms with Crippen LogP contribution in [0.1, 0.15) is 26.3 Å². The molecule has 0 spiro atoms. The predicted molar refractivity (Wildman–Crippen MR) is 135 cm³/mol. The molecule has 2 N–H and O–H groups in total. The smallest absolute Gasteiger partial charge is 0.423 e. The van der Waals surface area contributed by atoms with Crippen LogP contribution in [0, 0.1) is 0 Å². The van der Waals surface area contributed by atoms with Gasteiger partial charge in [0.1, 0.15) is 0 Å². The molecule has 0 aliphatic rings. The Labute approximate surface area is 190 Å². The minimum absolute atomic E-state index is 0.0829. The number of hydrogen-bond donors (Lipinski definition) is 2. The van der Waals surface area contributed by atoms with E-state index in [1.54, 1.807) is 12.1 Å². The Balaban J connectivity index is 1.75. The van der Waals surface area contributed by atoms with Crippen LogP contribution in [0.2, 0.25) is 0 Å². The number of rotatable bonds is 5. The molecule has 4 aromatic carbocycles. The zero-order chi connectivity index (χ0) is 22.7. The van der Waals surface area contributed by atoms with Crippen molar-refractivity contribution < 1.29 is 10.0 Å². The number of hydrogen-bond acceptors (Lipinski definition) is 3. The number of anilines is 3. The molecule has 0 aliphatic heterocycles. The molecule has 0 amide bonds. The third kappa shape index (κ3) is 4.77. The molecule has 0 saturated heterocycles. The van der Waals surface area contributed by atoms with Crippen molar-refractivity contribution in [2.75, 3.05) is 4.90 Å². The van der Waals surface area contributed by atoms with Gasteiger partial charge in [-0.25, -0.2) is 0 Å². The van der Waals surface area contributed by atoms with Gasteiger partial charge in [-0.15, -0.1) is 0 Å². The minimum Gasteiger partial charge on any atom is -0.423 e. The van der Waals surface area contributed by atoms with Crippen LogP contribution in [-0.2, 0) is 5.41 Å². The second-order valence-corrected chi connectivity index (χ2v) is 9.01. The van der Waals surface area contributed by atoms with Crippen LogP contribution in [0.25, 0.3) is 11.1 Å². The van der Waals surface area contributed by atoms with Gasteiger partial charge in [0.25, 0.3) is 0 Å². The van der Waals surface area contributed by atoms with Gasteiger partial charge in [-0.2, -0.15) is 0 Å². The predicted octanol–water partition coefficient (Wildman–Crippen LogP) is 5.80. The van der Waals surface area contributed by atoms with Crippen molar-refractivity contribution in [3.8, 4) is 11.1 Å². The van der Waals surface area contributed by atoms with Crippen molar-refractivity contribution >= 4 is 29.6 Å². The summed E-state index contributed by atoms with van der Waals surface area (Å²) in [4.78, 5) is 2.18. The lowest BCUT2D eigenvalue weighted by Crippen LogP contribution is -2.29. The topological polar surface area (TPSA) is 43.7 Å². The molecule has 32 heavy (non-hydrogen) atoms. The molecule has 0 aliphatic carbocycles. The number of benzene rings is 4. The number of nitrogens with zero attached hydrogens (tertiary/aromatic N) is 1. The van der Waals surface area contributed by atoms with E-state index in [0.29, 0.717) is 5.46 Å². The van der Waals surface area contributed by atoms with Gasteiger partial charge in [0.15, 0.2) is 0 Å². The van der Waals surface area contributed by atoms with Gasteiger partial charge in [0, 0.05) is 17.1 Å². The van der Waals surface area contributed by atoms with Crippen LogP contribution >= 0.6 is 0 Å². The quantitative estimate of drug-likeness (QED) is 0.400. The Morgan fingerprint density at radius 3 is 1.47 bits per heavy atom. The average Bonchev–Trinajstić information content (AvgIpc) is 2.80. The first-order valence-electron chi connectivity index (χ1n) is 10.9. The zero-order valence-electron chi connectivity index (χ0n) is 18.7. The lowest BCUT2D eigenvalue weighted by Gasteiger charge is -2.27. The molecule has 0 saturated carbocycles. The van der Waals surface area contributed by atoms with E-state index in [1.807, 2.05) is 30.3 Å². The summed E-state index contributed by atoms with van der Waals surface area (Å²) in [6, 6.07) is 34.8. The highest BCUT2D eigenvalue weighted by molar-refractivity contribution is 6.58. The summed E-state index contributed by atoms with van der Waals surface area (Å²) < 4.78 is 0. The van der Waals surface area contributed by atoms with Crippen molar-refractivity contribution in [1.82, 2.24) is 0 Å². The summed E-state index contributed by atoms with van der Waals surface area (Å²) in [5.74, 6) is 0. The summed E-state index contributed by atoms with van der Waals surface area (Å²) in [6.45, 7) is 6.63. The fraction of sp³-hybridized carbons (Fsp3) is 0.143. The van der Waals surface area contributed by atoms with Crippen molar-refractivity contribution in [2.24, 2.45) is 0 Å². The van der Waals surface area contributed by atoms with Crippen LogP contribution in [0.3, 0.4) is 0 Å². The molecule has 4 heteroatoms. The highest BCUT2D eigenvalue weighted by Crippen LogP contribution is 2.36. The molecule has 0 bridgehead atoms. The average molecular weight is 421 g/mol. The highest BCUT2D eigenvalue weighted by atomic mass is 16.4. The van der Waals surface area contributed by atoms with Crippen LogP contribution in [0.4, 0.5) is 17.1 Å². The molecule has 0 atom stereocenters. The second kappa shape index (κ2) is 9.03. The molecule has 3 nitrogen and oxygen atoms in total. The monoisotopic (exact) mass is 421 g/mol. The van der Waals surface area contributed by atoms with Crippen molar-refractivity contribution in [3.05, 3.63) is 109 Å². The third-order valence-corrected chi connectivity index (χ3v) is 5.67. The van der Waals surface area contributed by atoms with Crippen LogP contribution in [0.5, 0.6) is 0 Å². The van der Waals surface area contributed by atoms with Crippen LogP contribution in [-0.4, -0.2) is 17.2 Å². The molecule has 0 aromatic heterocycles. The fourth-order valence-electron chi connectivity index (χ4n) is 3.79. The first-order chi connectivity index (χ1) is 15.3. The molecule has 4 aromatic rings. The van der Waals surface area contributed by atoms with E-state index < -0.39 is 7.12 Å². The van der Waals surface area contributed by atoms with Crippen LogP contribution < -0.4 is 10.4 Å². The fourth-order valence-corrected chi connectivity index (χ4v) is 3.79. The molecule has 0 fully saturated rings. The molecule has 0 heterocycles. The Morgan fingerprint density at radius 1 is 0.562 bits per heavy atom. The molecule has 160 valence electrons. The Kier molecular flexibility index (Phi) is 6.18. The molecular weight excluding hydrogens is 393 g/mol. The zero-order valence-corrected chi connectivity index (χ0v) is 18.7. The maximum atomic E-state index is 9.47. The summed E-state index contributed by atoms with van der Waals surface area (Å²) in [7, 11) is -1.48. The molecule has 0 unspecified atom stereocenters. The molecule has 4 rings (SSSR count). The lowest BCUT2D eigenvalue weighted by molar-refractivity contribution is 0.426. The van der Waals surface area contributed by atoms with Crippen molar-refractivity contribution in [1.29, 1.82) is 0 Å². The van der Waals surface area contributed by atoms with E-state index >= 15 is 0 Å². The SMILES string of the molecule is CC(C)(C)c1ccc(N(c2ccc(B(O)O)cc2)c2ccc(-c3ccccc3)cc2)cc1. The van der Waals surface area contributed by atoms with Crippen molar-refractivity contribution in [2.45, 2.75) is 26.2 Å². The van der Waals surface area contributed by atoms with E-state index in [9.17, 15) is 10.0 Å². The Hall–Kier alpha value is -3.34. The van der Waals surface area contributed by atoms with Gasteiger partial charge in [-0.3, -0.25) is 0 Å². The first kappa shape index (κ1) is 21.9. The summed E-state index contributed by atoms with van der Waals surface area (Å²) in [5.41, 5.74) is 7.20. The summed E-state index contributed by atoms with van der Waals surface area (Å²) in [6.07, 6.45) is 0. The second-order valence-electron chi connectivity index (χ2n) is 9.01. The van der Waals surface area contributed by atoms with E-state index in [-0.39, 0.29) is 5.41 Å². The Bertz CT molecular complexity index is 1150. The van der Waals surface area contributed by atoms with Gasteiger partial charge in [0.05, 0.1) is 0 Å². The molecular formula is C28H28BNO2. The van der Waals surface area contributed by atoms with Gasteiger partial charge < -0.3 is 14.9 Å². The summed E-state index contributed by atoms with van der Waals surface area (Å²) in [5, 5.41) is 18.9. The van der Waals surface area contributed by atoms with Gasteiger partial charge in [-0.05, 0) is 64.0 Å². The minimum atomic E-state index is -1.48. The third-order valence-electron chi connectivity index (χ3n) is 5.67. The normalized spacial score (nSPS) is 11.3. The van der Waals surface area contributed by atoms with E-state index in [4.69, 9.17) is 0 Å². The van der Waals surface area contributed by atoms with Crippen LogP contribution in [0.15, 0.2) is 103 Å². The van der Waals surface area contributed by atoms with Gasteiger partial charge in [-0.1, -0.05) is 87.5 Å². The Morgan fingerprint density at radius 2 is 1.00 bits per heavy atom. The maximum absolute atomic E-state index is 9.47. The van der Waals surface area contributed by atoms with Gasteiger partial charge in [0.2, 0.25) is 0 Å². The maximum Gasteiger partial charge on any atom is 0.488 e. The van der Waals surface area contributed by atoms with E-state index in [1.165, 1.54) is 11.1 Å².